The van der Waals surface area contributed by atoms with E-state index in [-0.39, 0.29) is 18.2 Å². The van der Waals surface area contributed by atoms with Crippen molar-refractivity contribution in [2.75, 3.05) is 34.4 Å². The van der Waals surface area contributed by atoms with E-state index in [1.807, 2.05) is 6.07 Å². The third kappa shape index (κ3) is 4.06. The molecule has 0 aromatic heterocycles. The first-order valence-corrected chi connectivity index (χ1v) is 11.1. The van der Waals surface area contributed by atoms with Crippen molar-refractivity contribution in [3.63, 3.8) is 0 Å². The molecule has 0 amide bonds. The van der Waals surface area contributed by atoms with Gasteiger partial charge in [-0.15, -0.1) is 12.4 Å². The van der Waals surface area contributed by atoms with Gasteiger partial charge in [0.15, 0.2) is 23.0 Å². The van der Waals surface area contributed by atoms with E-state index in [0.29, 0.717) is 11.8 Å². The van der Waals surface area contributed by atoms with Gasteiger partial charge < -0.3 is 19.3 Å². The molecule has 0 saturated carbocycles. The van der Waals surface area contributed by atoms with Gasteiger partial charge in [-0.25, -0.2) is 0 Å². The van der Waals surface area contributed by atoms with Crippen LogP contribution in [-0.2, 0) is 12.8 Å². The Balaban J connectivity index is 0.00000272. The fourth-order valence-corrected chi connectivity index (χ4v) is 5.21. The fourth-order valence-electron chi connectivity index (χ4n) is 5.21. The highest BCUT2D eigenvalue weighted by Gasteiger charge is 2.39. The third-order valence-electron chi connectivity index (χ3n) is 6.63. The summed E-state index contributed by atoms with van der Waals surface area (Å²) in [7, 11) is 4.98. The lowest BCUT2D eigenvalue weighted by Crippen LogP contribution is -2.39. The lowest BCUT2D eigenvalue weighted by atomic mass is 9.76. The lowest BCUT2D eigenvalue weighted by molar-refractivity contribution is 0.177. The molecule has 0 spiro atoms. The Labute approximate surface area is 191 Å². The number of rotatable bonds is 8. The molecule has 1 aliphatic heterocycles. The standard InChI is InChI=1S/C25H33NO4.ClH/c1-5-6-7-8-12-26-13-11-17-15-20(28-2)25(30-4)23-21(17)18(26)14-16-9-10-19(27)24(29-3)22(16)23;/h9-10,15,18,27H,5-8,11-14H2,1-4H3;1H/t18-;/m0./s1. The Bertz CT molecular complexity index is 930. The van der Waals surface area contributed by atoms with Crippen LogP contribution in [0.25, 0.3) is 11.1 Å². The highest BCUT2D eigenvalue weighted by Crippen LogP contribution is 2.56. The second kappa shape index (κ2) is 10.0. The van der Waals surface area contributed by atoms with E-state index in [4.69, 9.17) is 14.2 Å². The number of ether oxygens (including phenoxy) is 3. The number of hydrogen-bond acceptors (Lipinski definition) is 5. The summed E-state index contributed by atoms with van der Waals surface area (Å²) in [6.45, 7) is 4.43. The molecule has 170 valence electrons. The fraction of sp³-hybridized carbons (Fsp3) is 0.520. The third-order valence-corrected chi connectivity index (χ3v) is 6.63. The number of halogens is 1. The average Bonchev–Trinajstić information content (AvgIpc) is 2.77. The minimum Gasteiger partial charge on any atom is -0.504 e. The number of methoxy groups -OCH3 is 3. The van der Waals surface area contributed by atoms with Crippen LogP contribution in [-0.4, -0.2) is 44.4 Å². The van der Waals surface area contributed by atoms with E-state index in [1.54, 1.807) is 27.4 Å². The van der Waals surface area contributed by atoms with Gasteiger partial charge in [0.05, 0.1) is 21.3 Å². The summed E-state index contributed by atoms with van der Waals surface area (Å²) in [4.78, 5) is 2.63. The molecule has 5 nitrogen and oxygen atoms in total. The highest BCUT2D eigenvalue weighted by molar-refractivity contribution is 5.88. The second-order valence-electron chi connectivity index (χ2n) is 8.28. The smallest absolute Gasteiger partial charge is 0.169 e. The summed E-state index contributed by atoms with van der Waals surface area (Å²) in [5.74, 6) is 2.12. The van der Waals surface area contributed by atoms with Crippen LogP contribution in [0.4, 0.5) is 0 Å². The van der Waals surface area contributed by atoms with E-state index in [0.717, 1.165) is 48.6 Å². The number of hydrogen-bond donors (Lipinski definition) is 1. The monoisotopic (exact) mass is 447 g/mol. The Kier molecular flexibility index (Phi) is 7.60. The van der Waals surface area contributed by atoms with Gasteiger partial charge in [0.2, 0.25) is 0 Å². The van der Waals surface area contributed by atoms with Crippen LogP contribution in [0.5, 0.6) is 23.0 Å². The molecule has 2 aromatic carbocycles. The number of benzene rings is 2. The molecular formula is C25H34ClNO4. The van der Waals surface area contributed by atoms with Crippen LogP contribution >= 0.6 is 12.4 Å². The van der Waals surface area contributed by atoms with Gasteiger partial charge in [-0.2, -0.15) is 0 Å². The van der Waals surface area contributed by atoms with E-state index in [9.17, 15) is 5.11 Å². The SMILES string of the molecule is CCCCCCN1CCc2cc(OC)c(OC)c3c2[C@@H]1Cc1ccc(O)c(OC)c1-3.Cl. The van der Waals surface area contributed by atoms with Crippen molar-refractivity contribution in [2.24, 2.45) is 0 Å². The van der Waals surface area contributed by atoms with Gasteiger partial charge in [0, 0.05) is 23.7 Å². The number of unbranched alkanes of at least 4 members (excludes halogenated alkanes) is 3. The average molecular weight is 448 g/mol. The van der Waals surface area contributed by atoms with Crippen LogP contribution in [0.3, 0.4) is 0 Å². The maximum atomic E-state index is 10.5. The van der Waals surface area contributed by atoms with Crippen molar-refractivity contribution in [3.8, 4) is 34.1 Å². The molecule has 0 bridgehead atoms. The summed E-state index contributed by atoms with van der Waals surface area (Å²) in [6.07, 6.45) is 6.96. The molecule has 2 aromatic rings. The maximum Gasteiger partial charge on any atom is 0.169 e. The number of fused-ring (bicyclic) bond motifs is 2. The van der Waals surface area contributed by atoms with Gasteiger partial charge in [-0.1, -0.05) is 32.3 Å². The molecule has 31 heavy (non-hydrogen) atoms. The Morgan fingerprint density at radius 3 is 2.42 bits per heavy atom. The van der Waals surface area contributed by atoms with Crippen LogP contribution in [0.1, 0.15) is 55.3 Å². The van der Waals surface area contributed by atoms with Crippen LogP contribution in [0.2, 0.25) is 0 Å². The molecule has 1 N–H and O–H groups in total. The van der Waals surface area contributed by atoms with Gasteiger partial charge in [0.1, 0.15) is 0 Å². The number of aromatic hydroxyl groups is 1. The molecule has 4 rings (SSSR count). The lowest BCUT2D eigenvalue weighted by Gasteiger charge is -2.42. The maximum absolute atomic E-state index is 10.5. The van der Waals surface area contributed by atoms with Crippen LogP contribution < -0.4 is 14.2 Å². The first-order chi connectivity index (χ1) is 14.6. The van der Waals surface area contributed by atoms with Crippen molar-refractivity contribution in [1.29, 1.82) is 0 Å². The molecular weight excluding hydrogens is 414 g/mol. The molecule has 6 heteroatoms. The molecule has 0 radical (unpaired) electrons. The van der Waals surface area contributed by atoms with Crippen molar-refractivity contribution in [3.05, 3.63) is 34.9 Å². The molecule has 2 aliphatic rings. The normalized spacial score (nSPS) is 16.7. The first-order valence-electron chi connectivity index (χ1n) is 11.1. The first kappa shape index (κ1) is 23.6. The minimum atomic E-state index is 0. The summed E-state index contributed by atoms with van der Waals surface area (Å²) < 4.78 is 17.2. The summed E-state index contributed by atoms with van der Waals surface area (Å²) >= 11 is 0. The molecule has 1 aliphatic carbocycles. The zero-order valence-electron chi connectivity index (χ0n) is 19.0. The van der Waals surface area contributed by atoms with Crippen LogP contribution in [0, 0.1) is 0 Å². The summed E-state index contributed by atoms with van der Waals surface area (Å²) in [6, 6.07) is 6.22. The quantitative estimate of drug-likeness (QED) is 0.538. The summed E-state index contributed by atoms with van der Waals surface area (Å²) in [5, 5.41) is 10.5. The zero-order valence-corrected chi connectivity index (χ0v) is 19.8. The van der Waals surface area contributed by atoms with E-state index in [2.05, 4.69) is 17.9 Å². The zero-order chi connectivity index (χ0) is 21.3. The van der Waals surface area contributed by atoms with Gasteiger partial charge in [-0.05, 0) is 54.6 Å². The predicted molar refractivity (Wildman–Crippen MR) is 126 cm³/mol. The van der Waals surface area contributed by atoms with Crippen molar-refractivity contribution < 1.29 is 19.3 Å². The summed E-state index contributed by atoms with van der Waals surface area (Å²) in [5.41, 5.74) is 5.76. The molecule has 0 unspecified atom stereocenters. The minimum absolute atomic E-state index is 0. The van der Waals surface area contributed by atoms with Gasteiger partial charge >= 0.3 is 0 Å². The topological polar surface area (TPSA) is 51.2 Å². The van der Waals surface area contributed by atoms with Gasteiger partial charge in [0.25, 0.3) is 0 Å². The van der Waals surface area contributed by atoms with Crippen molar-refractivity contribution in [2.45, 2.75) is 51.5 Å². The number of nitrogens with zero attached hydrogens (tertiary/aromatic N) is 1. The molecule has 0 saturated heterocycles. The highest BCUT2D eigenvalue weighted by atomic mass is 35.5. The Morgan fingerprint density at radius 1 is 0.968 bits per heavy atom. The molecule has 1 heterocycles. The predicted octanol–water partition coefficient (Wildman–Crippen LogP) is 5.54. The largest absolute Gasteiger partial charge is 0.504 e. The van der Waals surface area contributed by atoms with Crippen molar-refractivity contribution in [1.82, 2.24) is 4.90 Å². The van der Waals surface area contributed by atoms with Crippen molar-refractivity contribution >= 4 is 12.4 Å². The van der Waals surface area contributed by atoms with E-state index in [1.165, 1.54) is 42.4 Å². The number of phenolic OH excluding ortho intramolecular Hbond substituents is 1. The van der Waals surface area contributed by atoms with Gasteiger partial charge in [-0.3, -0.25) is 4.90 Å². The van der Waals surface area contributed by atoms with Crippen LogP contribution in [0.15, 0.2) is 18.2 Å². The van der Waals surface area contributed by atoms with E-state index >= 15 is 0 Å². The molecule has 0 fully saturated rings. The molecule has 1 atom stereocenters. The number of phenols is 1. The second-order valence-corrected chi connectivity index (χ2v) is 8.28. The Hall–Kier alpha value is -2.11. The van der Waals surface area contributed by atoms with E-state index < -0.39 is 0 Å². The Morgan fingerprint density at radius 2 is 1.74 bits per heavy atom.